The Labute approximate surface area is 127 Å². The molecule has 0 aliphatic heterocycles. The molecule has 22 heavy (non-hydrogen) atoms. The van der Waals surface area contributed by atoms with Gasteiger partial charge in [-0.2, -0.15) is 0 Å². The summed E-state index contributed by atoms with van der Waals surface area (Å²) in [7, 11) is 0. The number of anilines is 2. The van der Waals surface area contributed by atoms with Crippen LogP contribution in [0.25, 0.3) is 10.9 Å². The Bertz CT molecular complexity index is 914. The van der Waals surface area contributed by atoms with Crippen molar-refractivity contribution in [1.82, 2.24) is 4.98 Å². The number of benzene rings is 1. The van der Waals surface area contributed by atoms with Crippen molar-refractivity contribution >= 4 is 22.3 Å². The van der Waals surface area contributed by atoms with Crippen LogP contribution < -0.4 is 16.2 Å². The smallest absolute Gasteiger partial charge is 0.249 e. The van der Waals surface area contributed by atoms with Crippen LogP contribution in [-0.2, 0) is 6.42 Å². The highest BCUT2D eigenvalue weighted by atomic mass is 16.3. The third-order valence-corrected chi connectivity index (χ3v) is 4.20. The van der Waals surface area contributed by atoms with Gasteiger partial charge >= 0.3 is 0 Å². The molecule has 0 aliphatic rings. The van der Waals surface area contributed by atoms with Gasteiger partial charge in [-0.1, -0.05) is 0 Å². The third-order valence-electron chi connectivity index (χ3n) is 4.20. The first-order valence-corrected chi connectivity index (χ1v) is 7.32. The Morgan fingerprint density at radius 2 is 1.91 bits per heavy atom. The number of aromatic amines is 1. The van der Waals surface area contributed by atoms with E-state index >= 15 is 0 Å². The minimum Gasteiger partial charge on any atom is -0.396 e. The van der Waals surface area contributed by atoms with Crippen LogP contribution in [0, 0.1) is 13.8 Å². The lowest BCUT2D eigenvalue weighted by molar-refractivity contribution is 0.289. The predicted molar refractivity (Wildman–Crippen MR) is 87.8 cm³/mol. The Morgan fingerprint density at radius 1 is 1.14 bits per heavy atom. The largest absolute Gasteiger partial charge is 0.396 e. The predicted octanol–water partition coefficient (Wildman–Crippen LogP) is 2.05. The van der Waals surface area contributed by atoms with Gasteiger partial charge in [-0.15, -0.1) is 0 Å². The molecule has 3 N–H and O–H groups in total. The van der Waals surface area contributed by atoms with E-state index in [-0.39, 0.29) is 6.61 Å². The zero-order valence-corrected chi connectivity index (χ0v) is 12.6. The first-order chi connectivity index (χ1) is 10.5. The molecule has 2 aromatic carbocycles. The Hall–Kier alpha value is -2.40. The van der Waals surface area contributed by atoms with Gasteiger partial charge in [-0.3, -0.25) is 9.59 Å². The molecule has 0 saturated carbocycles. The van der Waals surface area contributed by atoms with Crippen molar-refractivity contribution in [1.29, 1.82) is 0 Å². The topological polar surface area (TPSA) is 82.2 Å². The van der Waals surface area contributed by atoms with Gasteiger partial charge in [0.2, 0.25) is 10.9 Å². The number of hydrogen-bond acceptors (Lipinski definition) is 4. The fraction of sp³-hybridized carbons (Fsp3) is 0.294. The summed E-state index contributed by atoms with van der Waals surface area (Å²) in [5.41, 5.74) is 4.04. The lowest BCUT2D eigenvalue weighted by atomic mass is 10.0. The maximum Gasteiger partial charge on any atom is 0.249 e. The molecule has 114 valence electrons. The van der Waals surface area contributed by atoms with Gasteiger partial charge in [-0.05, 0) is 49.9 Å². The van der Waals surface area contributed by atoms with Crippen LogP contribution in [0.4, 0.5) is 11.4 Å². The Morgan fingerprint density at radius 3 is 2.59 bits per heavy atom. The van der Waals surface area contributed by atoms with E-state index in [4.69, 9.17) is 5.11 Å². The van der Waals surface area contributed by atoms with Gasteiger partial charge in [0, 0.05) is 35.0 Å². The van der Waals surface area contributed by atoms with Gasteiger partial charge in [0.25, 0.3) is 0 Å². The first kappa shape index (κ1) is 14.5. The summed E-state index contributed by atoms with van der Waals surface area (Å²) in [4.78, 5) is 26.1. The molecule has 5 heteroatoms. The molecular weight excluding hydrogens is 280 g/mol. The molecule has 1 heterocycles. The second-order valence-electron chi connectivity index (χ2n) is 5.59. The van der Waals surface area contributed by atoms with Crippen molar-refractivity contribution in [3.8, 4) is 0 Å². The summed E-state index contributed by atoms with van der Waals surface area (Å²) in [6.45, 7) is 3.80. The van der Waals surface area contributed by atoms with Crippen LogP contribution in [0.15, 0.2) is 27.9 Å². The first-order valence-electron chi connectivity index (χ1n) is 7.32. The molecule has 3 aromatic rings. The molecule has 0 radical (unpaired) electrons. The third kappa shape index (κ3) is 2.14. The number of nitrogens with one attached hydrogen (secondary N) is 2. The fourth-order valence-corrected chi connectivity index (χ4v) is 2.88. The summed E-state index contributed by atoms with van der Waals surface area (Å²) in [6.07, 6.45) is 3.46. The van der Waals surface area contributed by atoms with Crippen molar-refractivity contribution in [3.63, 3.8) is 0 Å². The number of H-pyrrole nitrogens is 1. The zero-order valence-electron chi connectivity index (χ0n) is 12.6. The summed E-state index contributed by atoms with van der Waals surface area (Å²) < 4.78 is 0. The monoisotopic (exact) mass is 298 g/mol. The lowest BCUT2D eigenvalue weighted by Gasteiger charge is -2.14. The summed E-state index contributed by atoms with van der Waals surface area (Å²) in [6, 6.07) is 3.86. The highest BCUT2D eigenvalue weighted by Gasteiger charge is 2.18. The number of aliphatic hydroxyl groups excluding tert-OH is 1. The summed E-state index contributed by atoms with van der Waals surface area (Å²) in [5.74, 6) is 0. The van der Waals surface area contributed by atoms with Crippen molar-refractivity contribution in [2.45, 2.75) is 26.7 Å². The van der Waals surface area contributed by atoms with Crippen molar-refractivity contribution in [3.05, 3.63) is 55.5 Å². The van der Waals surface area contributed by atoms with Crippen LogP contribution >= 0.6 is 0 Å². The second-order valence-corrected chi connectivity index (χ2v) is 5.59. The fourth-order valence-electron chi connectivity index (χ4n) is 2.88. The van der Waals surface area contributed by atoms with Crippen LogP contribution in [0.3, 0.4) is 0 Å². The molecule has 0 fully saturated rings. The quantitative estimate of drug-likeness (QED) is 0.630. The SMILES string of the molecule is Cc1c(Nc2ccc3[nH]cc(CCCO)c3c2C)c(=O)c1=O. The van der Waals surface area contributed by atoms with Crippen LogP contribution in [0.5, 0.6) is 0 Å². The number of hydrogen-bond donors (Lipinski definition) is 3. The molecule has 0 amide bonds. The molecule has 3 rings (SSSR count). The molecule has 0 saturated heterocycles. The van der Waals surface area contributed by atoms with E-state index in [0.29, 0.717) is 17.7 Å². The number of fused-ring (bicyclic) bond motifs is 1. The number of rotatable bonds is 5. The molecule has 0 unspecified atom stereocenters. The van der Waals surface area contributed by atoms with Crippen molar-refractivity contribution < 1.29 is 5.11 Å². The minimum atomic E-state index is -0.452. The van der Waals surface area contributed by atoms with Crippen molar-refractivity contribution in [2.75, 3.05) is 11.9 Å². The molecule has 5 nitrogen and oxygen atoms in total. The zero-order chi connectivity index (χ0) is 15.9. The number of aliphatic hydroxyl groups is 1. The van der Waals surface area contributed by atoms with Crippen LogP contribution in [0.1, 0.15) is 23.1 Å². The van der Waals surface area contributed by atoms with Gasteiger partial charge in [0.1, 0.15) is 0 Å². The highest BCUT2D eigenvalue weighted by molar-refractivity contribution is 5.91. The Balaban J connectivity index is 2.02. The standard InChI is InChI=1S/C17H18N2O3/c1-9-12(19-15-10(2)16(21)17(15)22)5-6-13-14(9)11(8-18-13)4-3-7-20/h5-6,8,18-20H,3-4,7H2,1-2H3. The molecule has 0 aliphatic carbocycles. The Kier molecular flexibility index (Phi) is 3.58. The number of aromatic nitrogens is 1. The summed E-state index contributed by atoms with van der Waals surface area (Å²) >= 11 is 0. The van der Waals surface area contributed by atoms with Gasteiger partial charge < -0.3 is 15.4 Å². The maximum absolute atomic E-state index is 11.6. The molecule has 0 atom stereocenters. The minimum absolute atomic E-state index is 0.159. The van der Waals surface area contributed by atoms with E-state index in [0.717, 1.165) is 34.1 Å². The van der Waals surface area contributed by atoms with E-state index in [1.54, 1.807) is 6.92 Å². The lowest BCUT2D eigenvalue weighted by Crippen LogP contribution is -2.36. The molecule has 0 spiro atoms. The summed E-state index contributed by atoms with van der Waals surface area (Å²) in [5, 5.41) is 13.2. The van der Waals surface area contributed by atoms with Gasteiger partial charge in [0.15, 0.2) is 0 Å². The molecule has 1 aromatic heterocycles. The average molecular weight is 298 g/mol. The van der Waals surface area contributed by atoms with Gasteiger partial charge in [0.05, 0.1) is 5.69 Å². The van der Waals surface area contributed by atoms with E-state index in [1.807, 2.05) is 25.3 Å². The second kappa shape index (κ2) is 5.42. The van der Waals surface area contributed by atoms with E-state index in [1.165, 1.54) is 0 Å². The van der Waals surface area contributed by atoms with E-state index < -0.39 is 10.9 Å². The van der Waals surface area contributed by atoms with E-state index in [2.05, 4.69) is 10.3 Å². The maximum atomic E-state index is 11.6. The van der Waals surface area contributed by atoms with E-state index in [9.17, 15) is 9.59 Å². The molecule has 0 bridgehead atoms. The van der Waals surface area contributed by atoms with Crippen LogP contribution in [-0.4, -0.2) is 16.7 Å². The average Bonchev–Trinajstić information content (AvgIpc) is 2.95. The normalized spacial score (nSPS) is 11.4. The molecular formula is C17H18N2O3. The highest BCUT2D eigenvalue weighted by Crippen LogP contribution is 2.30. The van der Waals surface area contributed by atoms with Gasteiger partial charge in [-0.25, -0.2) is 0 Å². The van der Waals surface area contributed by atoms with Crippen molar-refractivity contribution in [2.24, 2.45) is 0 Å². The number of aryl methyl sites for hydroxylation is 2. The van der Waals surface area contributed by atoms with Crippen LogP contribution in [0.2, 0.25) is 0 Å².